The second kappa shape index (κ2) is 5.45. The van der Waals surface area contributed by atoms with E-state index in [-0.39, 0.29) is 23.0 Å². The van der Waals surface area contributed by atoms with Crippen LogP contribution in [0.3, 0.4) is 0 Å². The molecule has 0 saturated carbocycles. The highest BCUT2D eigenvalue weighted by atomic mass is 35.5. The van der Waals surface area contributed by atoms with Gasteiger partial charge in [-0.05, 0) is 31.9 Å². The summed E-state index contributed by atoms with van der Waals surface area (Å²) in [5.74, 6) is 0.157. The molecule has 1 aromatic rings. The normalized spacial score (nSPS) is 22.9. The van der Waals surface area contributed by atoms with Crippen LogP contribution in [0.2, 0.25) is 5.15 Å². The summed E-state index contributed by atoms with van der Waals surface area (Å²) in [7, 11) is 0. The van der Waals surface area contributed by atoms with Gasteiger partial charge in [-0.2, -0.15) is 5.26 Å². The molecule has 0 aromatic carbocycles. The summed E-state index contributed by atoms with van der Waals surface area (Å²) in [5.41, 5.74) is 5.84. The molecule has 1 amide bonds. The van der Waals surface area contributed by atoms with Crippen molar-refractivity contribution in [2.45, 2.75) is 25.8 Å². The Bertz CT molecular complexity index is 540. The minimum absolute atomic E-state index is 0.178. The monoisotopic (exact) mass is 278 g/mol. The molecule has 2 heterocycles. The number of nitrogens with zero attached hydrogens (tertiary/aromatic N) is 3. The smallest absolute Gasteiger partial charge is 0.222 e. The number of amides is 1. The summed E-state index contributed by atoms with van der Waals surface area (Å²) >= 11 is 5.91. The number of aromatic nitrogens is 1. The van der Waals surface area contributed by atoms with E-state index in [0.29, 0.717) is 17.9 Å². The van der Waals surface area contributed by atoms with Gasteiger partial charge in [-0.15, -0.1) is 0 Å². The van der Waals surface area contributed by atoms with Crippen LogP contribution in [0, 0.1) is 17.2 Å². The van der Waals surface area contributed by atoms with Crippen molar-refractivity contribution in [1.82, 2.24) is 4.98 Å². The van der Waals surface area contributed by atoms with Gasteiger partial charge in [0.05, 0.1) is 17.6 Å². The molecule has 1 aliphatic rings. The molecule has 5 nitrogen and oxygen atoms in total. The fraction of sp³-hybridized carbons (Fsp3) is 0.462. The molecule has 1 aromatic heterocycles. The first-order valence-electron chi connectivity index (χ1n) is 6.15. The summed E-state index contributed by atoms with van der Waals surface area (Å²) in [4.78, 5) is 17.6. The Morgan fingerprint density at radius 1 is 1.58 bits per heavy atom. The van der Waals surface area contributed by atoms with E-state index in [2.05, 4.69) is 18.0 Å². The Morgan fingerprint density at radius 2 is 2.32 bits per heavy atom. The van der Waals surface area contributed by atoms with E-state index in [1.54, 1.807) is 6.07 Å². The molecule has 0 aliphatic carbocycles. The van der Waals surface area contributed by atoms with Crippen LogP contribution >= 0.6 is 11.6 Å². The number of pyridine rings is 1. The molecule has 0 spiro atoms. The average Bonchev–Trinajstić information content (AvgIpc) is 2.38. The van der Waals surface area contributed by atoms with Crippen molar-refractivity contribution in [2.24, 2.45) is 11.7 Å². The van der Waals surface area contributed by atoms with Crippen molar-refractivity contribution in [2.75, 3.05) is 11.4 Å². The number of nitrogens with two attached hydrogens (primary N) is 1. The zero-order valence-electron chi connectivity index (χ0n) is 10.6. The Kier molecular flexibility index (Phi) is 3.91. The molecule has 6 heteroatoms. The number of carbonyl (C=O) groups is 1. The number of carbonyl (C=O) groups excluding carboxylic acids is 1. The number of hydrogen-bond donors (Lipinski definition) is 1. The van der Waals surface area contributed by atoms with Crippen LogP contribution < -0.4 is 10.6 Å². The molecule has 1 fully saturated rings. The number of primary amides is 1. The standard InChI is InChI=1S/C13H15ClN4O/c1-8-2-3-10(13(16)19)7-18(8)12-5-9(6-15)4-11(14)17-12/h4-5,8,10H,2-3,7H2,1H3,(H2,16,19). The van der Waals surface area contributed by atoms with Crippen molar-refractivity contribution in [3.8, 4) is 6.07 Å². The minimum Gasteiger partial charge on any atom is -0.369 e. The lowest BCUT2D eigenvalue weighted by Crippen LogP contribution is -2.46. The first-order chi connectivity index (χ1) is 9.01. The largest absolute Gasteiger partial charge is 0.369 e. The summed E-state index contributed by atoms with van der Waals surface area (Å²) < 4.78 is 0. The maximum absolute atomic E-state index is 11.3. The van der Waals surface area contributed by atoms with Crippen LogP contribution in [-0.2, 0) is 4.79 Å². The minimum atomic E-state index is -0.292. The topological polar surface area (TPSA) is 83.0 Å². The van der Waals surface area contributed by atoms with Gasteiger partial charge in [0.1, 0.15) is 11.0 Å². The van der Waals surface area contributed by atoms with E-state index >= 15 is 0 Å². The molecule has 2 unspecified atom stereocenters. The van der Waals surface area contributed by atoms with Crippen molar-refractivity contribution in [3.63, 3.8) is 0 Å². The second-order valence-electron chi connectivity index (χ2n) is 4.83. The third-order valence-electron chi connectivity index (χ3n) is 3.49. The molecular formula is C13H15ClN4O. The van der Waals surface area contributed by atoms with Gasteiger partial charge in [-0.25, -0.2) is 4.98 Å². The van der Waals surface area contributed by atoms with Crippen LogP contribution in [0.15, 0.2) is 12.1 Å². The third kappa shape index (κ3) is 2.96. The summed E-state index contributed by atoms with van der Waals surface area (Å²) in [5, 5.41) is 9.24. The molecule has 1 aliphatic heterocycles. The van der Waals surface area contributed by atoms with Crippen molar-refractivity contribution < 1.29 is 4.79 Å². The van der Waals surface area contributed by atoms with Crippen molar-refractivity contribution in [3.05, 3.63) is 22.8 Å². The van der Waals surface area contributed by atoms with Gasteiger partial charge >= 0.3 is 0 Å². The van der Waals surface area contributed by atoms with E-state index < -0.39 is 0 Å². The number of halogens is 1. The molecule has 0 bridgehead atoms. The Labute approximate surface area is 117 Å². The Balaban J connectivity index is 2.31. The number of anilines is 1. The molecule has 1 saturated heterocycles. The average molecular weight is 279 g/mol. The van der Waals surface area contributed by atoms with E-state index in [1.165, 1.54) is 6.07 Å². The van der Waals surface area contributed by atoms with Gasteiger partial charge in [0.15, 0.2) is 0 Å². The Morgan fingerprint density at radius 3 is 2.95 bits per heavy atom. The highest BCUT2D eigenvalue weighted by Gasteiger charge is 2.29. The van der Waals surface area contributed by atoms with Gasteiger partial charge in [0, 0.05) is 12.6 Å². The maximum Gasteiger partial charge on any atom is 0.222 e. The van der Waals surface area contributed by atoms with Crippen LogP contribution in [-0.4, -0.2) is 23.5 Å². The first-order valence-corrected chi connectivity index (χ1v) is 6.52. The predicted octanol–water partition coefficient (Wildman–Crippen LogP) is 1.70. The summed E-state index contributed by atoms with van der Waals surface area (Å²) in [6.07, 6.45) is 1.66. The molecule has 19 heavy (non-hydrogen) atoms. The van der Waals surface area contributed by atoms with E-state index in [9.17, 15) is 4.79 Å². The second-order valence-corrected chi connectivity index (χ2v) is 5.21. The highest BCUT2D eigenvalue weighted by molar-refractivity contribution is 6.29. The van der Waals surface area contributed by atoms with E-state index in [0.717, 1.165) is 12.8 Å². The van der Waals surface area contributed by atoms with Gasteiger partial charge in [-0.3, -0.25) is 4.79 Å². The van der Waals surface area contributed by atoms with Crippen LogP contribution in [0.5, 0.6) is 0 Å². The molecular weight excluding hydrogens is 264 g/mol. The van der Waals surface area contributed by atoms with Crippen molar-refractivity contribution in [1.29, 1.82) is 5.26 Å². The third-order valence-corrected chi connectivity index (χ3v) is 3.68. The zero-order chi connectivity index (χ0) is 14.0. The van der Waals surface area contributed by atoms with E-state index in [4.69, 9.17) is 22.6 Å². The SMILES string of the molecule is CC1CCC(C(N)=O)CN1c1cc(C#N)cc(Cl)n1. The molecule has 0 radical (unpaired) electrons. The van der Waals surface area contributed by atoms with Gasteiger partial charge < -0.3 is 10.6 Å². The predicted molar refractivity (Wildman–Crippen MR) is 72.7 cm³/mol. The van der Waals surface area contributed by atoms with Gasteiger partial charge in [0.2, 0.25) is 5.91 Å². The highest BCUT2D eigenvalue weighted by Crippen LogP contribution is 2.28. The lowest BCUT2D eigenvalue weighted by atomic mass is 9.93. The molecule has 2 atom stereocenters. The maximum atomic E-state index is 11.3. The number of rotatable bonds is 2. The van der Waals surface area contributed by atoms with Crippen LogP contribution in [0.1, 0.15) is 25.3 Å². The molecule has 100 valence electrons. The quantitative estimate of drug-likeness (QED) is 0.835. The van der Waals surface area contributed by atoms with Crippen LogP contribution in [0.25, 0.3) is 0 Å². The van der Waals surface area contributed by atoms with Gasteiger partial charge in [0.25, 0.3) is 0 Å². The first kappa shape index (κ1) is 13.6. The molecule has 2 N–H and O–H groups in total. The summed E-state index contributed by atoms with van der Waals surface area (Å²) in [6.45, 7) is 2.58. The molecule has 2 rings (SSSR count). The summed E-state index contributed by atoms with van der Waals surface area (Å²) in [6, 6.07) is 5.50. The number of piperidine rings is 1. The fourth-order valence-corrected chi connectivity index (χ4v) is 2.56. The van der Waals surface area contributed by atoms with Gasteiger partial charge in [-0.1, -0.05) is 11.6 Å². The number of hydrogen-bond acceptors (Lipinski definition) is 4. The number of nitriles is 1. The Hall–Kier alpha value is -1.80. The fourth-order valence-electron chi connectivity index (χ4n) is 2.35. The van der Waals surface area contributed by atoms with Crippen molar-refractivity contribution >= 4 is 23.3 Å². The zero-order valence-corrected chi connectivity index (χ0v) is 11.4. The lowest BCUT2D eigenvalue weighted by Gasteiger charge is -2.37. The lowest BCUT2D eigenvalue weighted by molar-refractivity contribution is -0.122. The van der Waals surface area contributed by atoms with E-state index in [1.807, 2.05) is 4.90 Å². The van der Waals surface area contributed by atoms with Crippen LogP contribution in [0.4, 0.5) is 5.82 Å².